The largest absolute Gasteiger partial charge is 0.323 e. The van der Waals surface area contributed by atoms with Crippen molar-refractivity contribution in [2.75, 3.05) is 13.1 Å². The second-order valence-corrected chi connectivity index (χ2v) is 8.35. The number of hydrogen-bond donors (Lipinski definition) is 2. The Labute approximate surface area is 196 Å². The van der Waals surface area contributed by atoms with Crippen molar-refractivity contribution in [2.45, 2.75) is 32.2 Å². The third-order valence-corrected chi connectivity index (χ3v) is 5.67. The minimum Gasteiger partial charge on any atom is -0.323 e. The van der Waals surface area contributed by atoms with E-state index in [9.17, 15) is 13.6 Å². The average Bonchev–Trinajstić information content (AvgIpc) is 3.24. The minimum absolute atomic E-state index is 0.114. The number of aliphatic imine (C=N–C) groups is 1. The lowest BCUT2D eigenvalue weighted by atomic mass is 10.0. The number of hydrogen-bond acceptors (Lipinski definition) is 5. The van der Waals surface area contributed by atoms with Crippen LogP contribution in [0.4, 0.5) is 8.78 Å². The molecular weight excluding hydrogens is 438 g/mol. The number of piperidine rings is 1. The molecule has 0 bridgehead atoms. The van der Waals surface area contributed by atoms with Crippen molar-refractivity contribution in [1.29, 1.82) is 0 Å². The molecule has 176 valence electrons. The SMILES string of the molecule is C=C/C=N\C=C(/C)NC(=O)c1n[nH]c2ccc(-c3cncc(CN4CCC(F)(F)CC4)c3)cc12. The van der Waals surface area contributed by atoms with Crippen molar-refractivity contribution in [2.24, 2.45) is 4.99 Å². The number of pyridine rings is 1. The number of H-pyrrole nitrogens is 1. The number of halogens is 2. The highest BCUT2D eigenvalue weighted by atomic mass is 19.3. The van der Waals surface area contributed by atoms with Gasteiger partial charge in [0.2, 0.25) is 0 Å². The number of benzene rings is 1. The Balaban J connectivity index is 1.53. The maximum atomic E-state index is 13.4. The maximum Gasteiger partial charge on any atom is 0.276 e. The van der Waals surface area contributed by atoms with E-state index in [0.717, 1.165) is 22.2 Å². The molecule has 0 atom stereocenters. The molecular formula is C25H26F2N6O. The van der Waals surface area contributed by atoms with Crippen LogP contribution in [0.1, 0.15) is 35.8 Å². The van der Waals surface area contributed by atoms with E-state index in [1.807, 2.05) is 29.2 Å². The first-order valence-electron chi connectivity index (χ1n) is 11.0. The van der Waals surface area contributed by atoms with Gasteiger partial charge >= 0.3 is 0 Å². The first-order chi connectivity index (χ1) is 16.3. The summed E-state index contributed by atoms with van der Waals surface area (Å²) in [6.45, 7) is 6.58. The van der Waals surface area contributed by atoms with Crippen molar-refractivity contribution in [3.05, 3.63) is 72.5 Å². The van der Waals surface area contributed by atoms with E-state index in [-0.39, 0.29) is 24.4 Å². The van der Waals surface area contributed by atoms with E-state index >= 15 is 0 Å². The number of carbonyl (C=O) groups excluding carboxylic acids is 1. The molecule has 3 heterocycles. The minimum atomic E-state index is -2.56. The smallest absolute Gasteiger partial charge is 0.276 e. The summed E-state index contributed by atoms with van der Waals surface area (Å²) in [6.07, 6.45) is 7.88. The highest BCUT2D eigenvalue weighted by Crippen LogP contribution is 2.29. The number of carbonyl (C=O) groups is 1. The van der Waals surface area contributed by atoms with Crippen molar-refractivity contribution in [3.63, 3.8) is 0 Å². The van der Waals surface area contributed by atoms with E-state index < -0.39 is 5.92 Å². The lowest BCUT2D eigenvalue weighted by Crippen LogP contribution is -2.38. The normalized spacial score (nSPS) is 16.7. The van der Waals surface area contributed by atoms with Gasteiger partial charge in [0.15, 0.2) is 5.69 Å². The molecule has 1 aliphatic heterocycles. The number of rotatable bonds is 7. The molecule has 9 heteroatoms. The second-order valence-electron chi connectivity index (χ2n) is 8.35. The second kappa shape index (κ2) is 10.0. The Morgan fingerprint density at radius 2 is 2.06 bits per heavy atom. The molecule has 7 nitrogen and oxygen atoms in total. The molecule has 1 aliphatic rings. The first kappa shape index (κ1) is 23.4. The van der Waals surface area contributed by atoms with Crippen molar-refractivity contribution < 1.29 is 13.6 Å². The van der Waals surface area contributed by atoms with E-state index in [1.165, 1.54) is 12.4 Å². The number of likely N-dealkylation sites (tertiary alicyclic amines) is 1. The lowest BCUT2D eigenvalue weighted by molar-refractivity contribution is -0.0566. The highest BCUT2D eigenvalue weighted by molar-refractivity contribution is 6.06. The molecule has 34 heavy (non-hydrogen) atoms. The molecule has 1 aromatic carbocycles. The number of alkyl halides is 2. The molecule has 0 saturated carbocycles. The fraction of sp³-hybridized carbons (Fsp3) is 0.280. The average molecular weight is 465 g/mol. The number of fused-ring (bicyclic) bond motifs is 1. The Kier molecular flexibility index (Phi) is 6.93. The lowest BCUT2D eigenvalue weighted by Gasteiger charge is -2.31. The topological polar surface area (TPSA) is 86.3 Å². The van der Waals surface area contributed by atoms with Crippen LogP contribution < -0.4 is 5.32 Å². The van der Waals surface area contributed by atoms with Gasteiger partial charge in [-0.15, -0.1) is 0 Å². The Morgan fingerprint density at radius 3 is 2.82 bits per heavy atom. The summed E-state index contributed by atoms with van der Waals surface area (Å²) >= 11 is 0. The van der Waals surface area contributed by atoms with Crippen LogP contribution in [0.3, 0.4) is 0 Å². The quantitative estimate of drug-likeness (QED) is 0.496. The summed E-state index contributed by atoms with van der Waals surface area (Å²) in [5.41, 5.74) is 4.29. The van der Waals surface area contributed by atoms with Crippen LogP contribution in [-0.2, 0) is 6.54 Å². The van der Waals surface area contributed by atoms with Gasteiger partial charge < -0.3 is 5.32 Å². The molecule has 1 amide bonds. The zero-order chi connectivity index (χ0) is 24.1. The summed E-state index contributed by atoms with van der Waals surface area (Å²) in [6, 6.07) is 7.70. The predicted molar refractivity (Wildman–Crippen MR) is 129 cm³/mol. The van der Waals surface area contributed by atoms with Gasteiger partial charge in [-0.25, -0.2) is 8.78 Å². The van der Waals surface area contributed by atoms with Crippen LogP contribution >= 0.6 is 0 Å². The van der Waals surface area contributed by atoms with Crippen molar-refractivity contribution in [1.82, 2.24) is 25.4 Å². The molecule has 0 unspecified atom stereocenters. The van der Waals surface area contributed by atoms with Crippen LogP contribution in [-0.4, -0.2) is 51.2 Å². The van der Waals surface area contributed by atoms with Gasteiger partial charge in [0, 0.05) is 73.9 Å². The Morgan fingerprint density at radius 1 is 1.26 bits per heavy atom. The molecule has 1 saturated heterocycles. The van der Waals surface area contributed by atoms with Crippen LogP contribution in [0.15, 0.2) is 66.2 Å². The van der Waals surface area contributed by atoms with Gasteiger partial charge in [-0.05, 0) is 36.2 Å². The van der Waals surface area contributed by atoms with Gasteiger partial charge in [0.1, 0.15) is 0 Å². The van der Waals surface area contributed by atoms with Gasteiger partial charge in [-0.2, -0.15) is 5.10 Å². The van der Waals surface area contributed by atoms with E-state index in [1.54, 1.807) is 25.4 Å². The molecule has 4 rings (SSSR count). The van der Waals surface area contributed by atoms with Gasteiger partial charge in [-0.3, -0.25) is 24.8 Å². The summed E-state index contributed by atoms with van der Waals surface area (Å²) in [7, 11) is 0. The summed E-state index contributed by atoms with van der Waals surface area (Å²) < 4.78 is 26.9. The number of allylic oxidation sites excluding steroid dienone is 2. The first-order valence-corrected chi connectivity index (χ1v) is 11.0. The van der Waals surface area contributed by atoms with Crippen molar-refractivity contribution >= 4 is 23.0 Å². The third-order valence-electron chi connectivity index (χ3n) is 5.67. The maximum absolute atomic E-state index is 13.4. The number of aromatic amines is 1. The number of nitrogens with one attached hydrogen (secondary N) is 2. The van der Waals surface area contributed by atoms with E-state index in [0.29, 0.717) is 30.7 Å². The molecule has 0 radical (unpaired) electrons. The molecule has 1 fully saturated rings. The van der Waals surface area contributed by atoms with E-state index in [4.69, 9.17) is 0 Å². The van der Waals surface area contributed by atoms with Crippen LogP contribution in [0.5, 0.6) is 0 Å². The van der Waals surface area contributed by atoms with Gasteiger partial charge in [0.25, 0.3) is 11.8 Å². The zero-order valence-electron chi connectivity index (χ0n) is 18.9. The van der Waals surface area contributed by atoms with Crippen LogP contribution in [0, 0.1) is 0 Å². The van der Waals surface area contributed by atoms with Crippen molar-refractivity contribution in [3.8, 4) is 11.1 Å². The predicted octanol–water partition coefficient (Wildman–Crippen LogP) is 4.70. The van der Waals surface area contributed by atoms with E-state index in [2.05, 4.69) is 32.1 Å². The van der Waals surface area contributed by atoms with Gasteiger partial charge in [0.05, 0.1) is 5.52 Å². The molecule has 0 aliphatic carbocycles. The summed E-state index contributed by atoms with van der Waals surface area (Å²) in [5, 5.41) is 10.5. The molecule has 2 aromatic heterocycles. The fourth-order valence-electron chi connectivity index (χ4n) is 3.88. The number of nitrogens with zero attached hydrogens (tertiary/aromatic N) is 4. The molecule has 0 spiro atoms. The Bertz CT molecular complexity index is 1250. The van der Waals surface area contributed by atoms with Gasteiger partial charge in [-0.1, -0.05) is 18.7 Å². The number of amides is 1. The Hall–Kier alpha value is -3.72. The zero-order valence-corrected chi connectivity index (χ0v) is 18.9. The third kappa shape index (κ3) is 5.60. The van der Waals surface area contributed by atoms with Crippen LogP contribution in [0.2, 0.25) is 0 Å². The fourth-order valence-corrected chi connectivity index (χ4v) is 3.88. The monoisotopic (exact) mass is 464 g/mol. The summed E-state index contributed by atoms with van der Waals surface area (Å²) in [4.78, 5) is 23.1. The summed E-state index contributed by atoms with van der Waals surface area (Å²) in [5.74, 6) is -2.91. The highest BCUT2D eigenvalue weighted by Gasteiger charge is 2.33. The standard InChI is InChI=1S/C25H26F2N6O/c1-3-8-28-13-17(2)30-24(34)23-21-12-19(4-5-22(21)31-32-23)20-11-18(14-29-15-20)16-33-9-6-25(26,27)7-10-33/h3-5,8,11-15H,1,6-7,9-10,16H2,2H3,(H,30,34)(H,31,32)/b17-13+,28-8-. The number of aromatic nitrogens is 3. The molecule has 3 aromatic rings. The molecule has 2 N–H and O–H groups in total. The van der Waals surface area contributed by atoms with Crippen LogP contribution in [0.25, 0.3) is 22.0 Å².